The molecule has 2 N–H and O–H groups in total. The number of hydrogen-bond donors (Lipinski definition) is 2. The molecule has 0 aliphatic heterocycles. The van der Waals surface area contributed by atoms with E-state index in [2.05, 4.69) is 102 Å². The summed E-state index contributed by atoms with van der Waals surface area (Å²) in [7, 11) is 0. The van der Waals surface area contributed by atoms with Gasteiger partial charge in [-0.15, -0.1) is 0 Å². The van der Waals surface area contributed by atoms with Crippen molar-refractivity contribution in [1.82, 2.24) is 9.97 Å². The minimum atomic E-state index is 0.195. The number of H-pyrrole nitrogens is 2. The predicted molar refractivity (Wildman–Crippen MR) is 109 cm³/mol. The Labute approximate surface area is 152 Å². The first-order chi connectivity index (χ1) is 12.8. The van der Waals surface area contributed by atoms with Gasteiger partial charge in [-0.05, 0) is 41.3 Å². The highest BCUT2D eigenvalue weighted by Gasteiger charge is 2.20. The summed E-state index contributed by atoms with van der Waals surface area (Å²) in [5.74, 6) is 0.195. The lowest BCUT2D eigenvalue weighted by molar-refractivity contribution is 0.990. The van der Waals surface area contributed by atoms with E-state index in [1.807, 2.05) is 0 Å². The first-order valence-electron chi connectivity index (χ1n) is 9.00. The van der Waals surface area contributed by atoms with Gasteiger partial charge in [0.2, 0.25) is 0 Å². The zero-order valence-corrected chi connectivity index (χ0v) is 14.7. The van der Waals surface area contributed by atoms with Gasteiger partial charge in [0.25, 0.3) is 0 Å². The Hall–Kier alpha value is -3.26. The number of benzene rings is 3. The number of fused-ring (bicyclic) bond motifs is 2. The highest BCUT2D eigenvalue weighted by atomic mass is 14.7. The Morgan fingerprint density at radius 2 is 1.42 bits per heavy atom. The summed E-state index contributed by atoms with van der Waals surface area (Å²) in [5, 5.41) is 2.57. The third-order valence-electron chi connectivity index (χ3n) is 5.31. The van der Waals surface area contributed by atoms with Crippen LogP contribution in [0.1, 0.15) is 28.2 Å². The van der Waals surface area contributed by atoms with Crippen LogP contribution in [0, 0.1) is 6.92 Å². The molecule has 0 bridgehead atoms. The lowest BCUT2D eigenvalue weighted by Gasteiger charge is -2.18. The topological polar surface area (TPSA) is 31.6 Å². The molecule has 0 spiro atoms. The zero-order valence-electron chi connectivity index (χ0n) is 14.7. The van der Waals surface area contributed by atoms with Crippen LogP contribution in [-0.4, -0.2) is 9.97 Å². The van der Waals surface area contributed by atoms with Crippen molar-refractivity contribution in [2.45, 2.75) is 12.8 Å². The highest BCUT2D eigenvalue weighted by molar-refractivity contribution is 5.86. The number of nitrogens with one attached hydrogen (secondary N) is 2. The zero-order chi connectivity index (χ0) is 17.5. The van der Waals surface area contributed by atoms with Crippen molar-refractivity contribution in [3.8, 4) is 0 Å². The van der Waals surface area contributed by atoms with Crippen molar-refractivity contribution in [2.75, 3.05) is 0 Å². The van der Waals surface area contributed by atoms with Crippen LogP contribution in [-0.2, 0) is 0 Å². The van der Waals surface area contributed by atoms with Crippen molar-refractivity contribution in [3.63, 3.8) is 0 Å². The number of aromatic amines is 2. The van der Waals surface area contributed by atoms with Crippen molar-refractivity contribution < 1.29 is 0 Å². The van der Waals surface area contributed by atoms with Crippen molar-refractivity contribution in [1.29, 1.82) is 0 Å². The summed E-state index contributed by atoms with van der Waals surface area (Å²) in [6.07, 6.45) is 4.24. The number of aromatic nitrogens is 2. The Morgan fingerprint density at radius 1 is 0.654 bits per heavy atom. The Balaban J connectivity index is 1.76. The predicted octanol–water partition coefficient (Wildman–Crippen LogP) is 6.14. The second-order valence-corrected chi connectivity index (χ2v) is 6.91. The Kier molecular flexibility index (Phi) is 3.42. The van der Waals surface area contributed by atoms with Crippen LogP contribution in [0.2, 0.25) is 0 Å². The molecule has 2 heterocycles. The molecule has 126 valence electrons. The van der Waals surface area contributed by atoms with Gasteiger partial charge in [0.15, 0.2) is 0 Å². The maximum atomic E-state index is 3.44. The molecule has 2 nitrogen and oxygen atoms in total. The van der Waals surface area contributed by atoms with E-state index >= 15 is 0 Å². The van der Waals surface area contributed by atoms with Crippen molar-refractivity contribution in [3.05, 3.63) is 107 Å². The van der Waals surface area contributed by atoms with Crippen LogP contribution in [0.4, 0.5) is 0 Å². The average Bonchev–Trinajstić information content (AvgIpc) is 3.27. The maximum Gasteiger partial charge on any atom is 0.0459 e. The maximum absolute atomic E-state index is 3.44. The van der Waals surface area contributed by atoms with Gasteiger partial charge in [0.1, 0.15) is 0 Å². The largest absolute Gasteiger partial charge is 0.361 e. The molecule has 2 heteroatoms. The van der Waals surface area contributed by atoms with E-state index in [9.17, 15) is 0 Å². The summed E-state index contributed by atoms with van der Waals surface area (Å²) in [5.41, 5.74) is 7.58. The first kappa shape index (κ1) is 15.0. The first-order valence-corrected chi connectivity index (χ1v) is 9.00. The number of rotatable bonds is 3. The minimum absolute atomic E-state index is 0.195. The summed E-state index contributed by atoms with van der Waals surface area (Å²) in [4.78, 5) is 6.85. The van der Waals surface area contributed by atoms with Gasteiger partial charge in [0, 0.05) is 40.1 Å². The SMILES string of the molecule is Cc1c[nH]c2cc([C@H](c3ccccc3)c3c[nH]c4ccccc34)ccc12. The standard InChI is InChI=1S/C24H20N2/c1-16-14-25-23-13-18(11-12-19(16)23)24(17-7-3-2-4-8-17)21-15-26-22-10-6-5-9-20(21)22/h2-15,24-26H,1H3/t24-/m0/s1. The lowest BCUT2D eigenvalue weighted by atomic mass is 9.84. The van der Waals surface area contributed by atoms with Gasteiger partial charge in [-0.3, -0.25) is 0 Å². The lowest BCUT2D eigenvalue weighted by Crippen LogP contribution is -2.02. The summed E-state index contributed by atoms with van der Waals surface area (Å²) in [6, 6.07) is 26.1. The van der Waals surface area contributed by atoms with Crippen LogP contribution in [0.15, 0.2) is 85.2 Å². The van der Waals surface area contributed by atoms with E-state index in [1.54, 1.807) is 0 Å². The Bertz CT molecular complexity index is 1190. The van der Waals surface area contributed by atoms with E-state index in [4.69, 9.17) is 0 Å². The second-order valence-electron chi connectivity index (χ2n) is 6.91. The molecule has 0 fully saturated rings. The minimum Gasteiger partial charge on any atom is -0.361 e. The smallest absolute Gasteiger partial charge is 0.0459 e. The van der Waals surface area contributed by atoms with E-state index in [0.717, 1.165) is 0 Å². The van der Waals surface area contributed by atoms with Crippen LogP contribution in [0.5, 0.6) is 0 Å². The van der Waals surface area contributed by atoms with Crippen LogP contribution >= 0.6 is 0 Å². The normalized spacial score (nSPS) is 12.7. The quantitative estimate of drug-likeness (QED) is 0.397. The van der Waals surface area contributed by atoms with Gasteiger partial charge in [0.05, 0.1) is 0 Å². The molecule has 0 unspecified atom stereocenters. The molecule has 0 saturated heterocycles. The fourth-order valence-corrected chi connectivity index (χ4v) is 4.00. The number of hydrogen-bond acceptors (Lipinski definition) is 0. The molecular weight excluding hydrogens is 316 g/mol. The molecule has 5 rings (SSSR count). The van der Waals surface area contributed by atoms with E-state index in [-0.39, 0.29) is 5.92 Å². The van der Waals surface area contributed by atoms with Crippen LogP contribution in [0.25, 0.3) is 21.8 Å². The van der Waals surface area contributed by atoms with Crippen LogP contribution in [0.3, 0.4) is 0 Å². The van der Waals surface area contributed by atoms with Crippen LogP contribution < -0.4 is 0 Å². The molecular formula is C24H20N2. The average molecular weight is 336 g/mol. The van der Waals surface area contributed by atoms with Gasteiger partial charge >= 0.3 is 0 Å². The van der Waals surface area contributed by atoms with E-state index in [0.29, 0.717) is 0 Å². The summed E-state index contributed by atoms with van der Waals surface area (Å²) >= 11 is 0. The molecule has 26 heavy (non-hydrogen) atoms. The molecule has 0 saturated carbocycles. The van der Waals surface area contributed by atoms with Crippen molar-refractivity contribution in [2.24, 2.45) is 0 Å². The molecule has 5 aromatic rings. The van der Waals surface area contributed by atoms with Gasteiger partial charge in [-0.1, -0.05) is 60.7 Å². The fraction of sp³-hybridized carbons (Fsp3) is 0.0833. The molecule has 0 aliphatic rings. The third-order valence-corrected chi connectivity index (χ3v) is 5.31. The third kappa shape index (κ3) is 2.34. The number of aryl methyl sites for hydroxylation is 1. The summed E-state index contributed by atoms with van der Waals surface area (Å²) < 4.78 is 0. The highest BCUT2D eigenvalue weighted by Crippen LogP contribution is 2.37. The molecule has 0 radical (unpaired) electrons. The van der Waals surface area contributed by atoms with Gasteiger partial charge in [-0.2, -0.15) is 0 Å². The van der Waals surface area contributed by atoms with Crippen molar-refractivity contribution >= 4 is 21.8 Å². The molecule has 0 amide bonds. The van der Waals surface area contributed by atoms with Gasteiger partial charge < -0.3 is 9.97 Å². The molecule has 3 aromatic carbocycles. The second kappa shape index (κ2) is 5.92. The molecule has 0 aliphatic carbocycles. The summed E-state index contributed by atoms with van der Waals surface area (Å²) in [6.45, 7) is 2.15. The monoisotopic (exact) mass is 336 g/mol. The van der Waals surface area contributed by atoms with Gasteiger partial charge in [-0.25, -0.2) is 0 Å². The molecule has 1 atom stereocenters. The Morgan fingerprint density at radius 3 is 2.31 bits per heavy atom. The van der Waals surface area contributed by atoms with E-state index in [1.165, 1.54) is 44.1 Å². The number of para-hydroxylation sites is 1. The molecule has 2 aromatic heterocycles. The fourth-order valence-electron chi connectivity index (χ4n) is 4.00. The van der Waals surface area contributed by atoms with E-state index < -0.39 is 0 Å².